The van der Waals surface area contributed by atoms with E-state index >= 15 is 0 Å². The molecule has 1 atom stereocenters. The van der Waals surface area contributed by atoms with E-state index in [0.717, 1.165) is 21.9 Å². The third-order valence-corrected chi connectivity index (χ3v) is 5.52. The molecule has 0 fully saturated rings. The molecule has 26 heavy (non-hydrogen) atoms. The maximum Gasteiger partial charge on any atom is 0.266 e. The summed E-state index contributed by atoms with van der Waals surface area (Å²) in [5, 5.41) is 14.0. The van der Waals surface area contributed by atoms with Crippen molar-refractivity contribution in [2.24, 2.45) is 0 Å². The Labute approximate surface area is 154 Å². The van der Waals surface area contributed by atoms with Gasteiger partial charge >= 0.3 is 0 Å². The van der Waals surface area contributed by atoms with Crippen molar-refractivity contribution >= 4 is 43.6 Å². The van der Waals surface area contributed by atoms with E-state index in [1.165, 1.54) is 11.3 Å². The summed E-state index contributed by atoms with van der Waals surface area (Å²) in [6, 6.07) is 12.5. The number of phenolic OH excluding ortho intramolecular Hbond substituents is 1. The Balaban J connectivity index is 1.91. The van der Waals surface area contributed by atoms with E-state index in [1.54, 1.807) is 12.1 Å². The van der Waals surface area contributed by atoms with E-state index in [1.807, 2.05) is 35.7 Å². The Morgan fingerprint density at radius 2 is 1.88 bits per heavy atom. The molecule has 4 rings (SSSR count). The van der Waals surface area contributed by atoms with Gasteiger partial charge < -0.3 is 10.1 Å². The first-order valence-corrected chi connectivity index (χ1v) is 9.72. The van der Waals surface area contributed by atoms with Gasteiger partial charge in [0, 0.05) is 28.4 Å². The second kappa shape index (κ2) is 6.65. The number of aromatic hydroxyl groups is 1. The molecule has 1 unspecified atom stereocenters. The van der Waals surface area contributed by atoms with E-state index in [0.29, 0.717) is 15.8 Å². The van der Waals surface area contributed by atoms with Crippen LogP contribution in [-0.2, 0) is 17.8 Å². The molecule has 0 aliphatic heterocycles. The van der Waals surface area contributed by atoms with Crippen LogP contribution in [0.25, 0.3) is 32.1 Å². The number of pyridine rings is 1. The molecule has 2 aromatic heterocycles. The van der Waals surface area contributed by atoms with Gasteiger partial charge in [-0.1, -0.05) is 24.3 Å². The van der Waals surface area contributed by atoms with E-state index in [2.05, 4.69) is 9.71 Å². The molecular weight excluding hydrogens is 372 g/mol. The molecule has 132 valence electrons. The second-order valence-electron chi connectivity index (χ2n) is 5.77. The normalized spacial score (nSPS) is 12.7. The standard InChI is InChI=1S/C18H14N2O4S2/c21-14-6-5-13-16(12-7-8-25-17(12)18(22)20-13)15(14)11-3-1-10(2-4-11)9-19-26(23)24/h1-8,19,21H,9H2,(H,20,22)(H,23,24). The smallest absolute Gasteiger partial charge is 0.266 e. The summed E-state index contributed by atoms with van der Waals surface area (Å²) in [6.45, 7) is 0.257. The predicted molar refractivity (Wildman–Crippen MR) is 105 cm³/mol. The Kier molecular flexibility index (Phi) is 4.33. The average molecular weight is 386 g/mol. The Bertz CT molecular complexity index is 1200. The topological polar surface area (TPSA) is 102 Å². The number of H-pyrrole nitrogens is 1. The van der Waals surface area contributed by atoms with Crippen molar-refractivity contribution in [3.8, 4) is 16.9 Å². The number of fused-ring (bicyclic) bond motifs is 3. The van der Waals surface area contributed by atoms with Crippen LogP contribution in [-0.4, -0.2) is 18.9 Å². The molecule has 0 aliphatic rings. The number of rotatable bonds is 4. The molecule has 4 N–H and O–H groups in total. The van der Waals surface area contributed by atoms with Gasteiger partial charge in [0.05, 0.1) is 0 Å². The van der Waals surface area contributed by atoms with Gasteiger partial charge in [-0.25, -0.2) is 8.93 Å². The zero-order valence-corrected chi connectivity index (χ0v) is 15.0. The number of nitrogens with one attached hydrogen (secondary N) is 2. The highest BCUT2D eigenvalue weighted by Gasteiger charge is 2.15. The van der Waals surface area contributed by atoms with Crippen molar-refractivity contribution in [2.45, 2.75) is 6.54 Å². The Morgan fingerprint density at radius 1 is 1.12 bits per heavy atom. The van der Waals surface area contributed by atoms with Gasteiger partial charge in [-0.2, -0.15) is 0 Å². The van der Waals surface area contributed by atoms with Crippen LogP contribution in [0.1, 0.15) is 5.56 Å². The van der Waals surface area contributed by atoms with Crippen molar-refractivity contribution in [3.05, 3.63) is 63.8 Å². The van der Waals surface area contributed by atoms with Crippen LogP contribution in [0.5, 0.6) is 5.75 Å². The molecule has 8 heteroatoms. The van der Waals surface area contributed by atoms with Crippen molar-refractivity contribution in [3.63, 3.8) is 0 Å². The fraction of sp³-hybridized carbons (Fsp3) is 0.0556. The van der Waals surface area contributed by atoms with Crippen LogP contribution in [0.4, 0.5) is 0 Å². The second-order valence-corrected chi connectivity index (χ2v) is 7.47. The number of phenols is 1. The summed E-state index contributed by atoms with van der Waals surface area (Å²) in [5.41, 5.74) is 2.80. The molecule has 0 spiro atoms. The van der Waals surface area contributed by atoms with Crippen LogP contribution in [0.3, 0.4) is 0 Å². The van der Waals surface area contributed by atoms with Crippen molar-refractivity contribution < 1.29 is 13.9 Å². The Hall–Kier alpha value is -2.52. The molecule has 0 saturated carbocycles. The van der Waals surface area contributed by atoms with Gasteiger partial charge in [0.1, 0.15) is 10.4 Å². The van der Waals surface area contributed by atoms with Crippen LogP contribution in [0, 0.1) is 0 Å². The maximum absolute atomic E-state index is 12.2. The number of hydrogen-bond donors (Lipinski definition) is 4. The summed E-state index contributed by atoms with van der Waals surface area (Å²) >= 11 is -0.702. The van der Waals surface area contributed by atoms with Crippen molar-refractivity contribution in [2.75, 3.05) is 0 Å². The molecule has 6 nitrogen and oxygen atoms in total. The van der Waals surface area contributed by atoms with Gasteiger partial charge in [-0.05, 0) is 34.7 Å². The van der Waals surface area contributed by atoms with Crippen LogP contribution >= 0.6 is 11.3 Å². The van der Waals surface area contributed by atoms with E-state index < -0.39 is 11.3 Å². The summed E-state index contributed by atoms with van der Waals surface area (Å²) in [7, 11) is 0. The minimum atomic E-state index is -2.07. The van der Waals surface area contributed by atoms with Crippen LogP contribution < -0.4 is 10.3 Å². The quantitative estimate of drug-likeness (QED) is 0.404. The first-order valence-electron chi connectivity index (χ1n) is 7.73. The fourth-order valence-electron chi connectivity index (χ4n) is 3.06. The molecule has 0 saturated heterocycles. The minimum absolute atomic E-state index is 0.124. The fourth-order valence-corrected chi connectivity index (χ4v) is 4.15. The lowest BCUT2D eigenvalue weighted by Crippen LogP contribution is -2.15. The molecule has 4 aromatic rings. The van der Waals surface area contributed by atoms with Gasteiger partial charge in [-0.3, -0.25) is 9.35 Å². The number of aromatic amines is 1. The summed E-state index contributed by atoms with van der Waals surface area (Å²) in [4.78, 5) is 15.1. The molecular formula is C18H14N2O4S2. The summed E-state index contributed by atoms with van der Waals surface area (Å²) in [6.07, 6.45) is 0. The number of aromatic nitrogens is 1. The number of hydrogen-bond acceptors (Lipinski definition) is 4. The van der Waals surface area contributed by atoms with E-state index in [-0.39, 0.29) is 17.9 Å². The maximum atomic E-state index is 12.2. The highest BCUT2D eigenvalue weighted by Crippen LogP contribution is 2.39. The number of thiophene rings is 1. The summed E-state index contributed by atoms with van der Waals surface area (Å²) < 4.78 is 22.6. The van der Waals surface area contributed by atoms with E-state index in [4.69, 9.17) is 4.55 Å². The first-order chi connectivity index (χ1) is 12.5. The highest BCUT2D eigenvalue weighted by atomic mass is 32.2. The zero-order chi connectivity index (χ0) is 18.3. The van der Waals surface area contributed by atoms with Crippen LogP contribution in [0.2, 0.25) is 0 Å². The molecule has 0 bridgehead atoms. The zero-order valence-electron chi connectivity index (χ0n) is 13.4. The van der Waals surface area contributed by atoms with Gasteiger partial charge in [0.2, 0.25) is 11.3 Å². The lowest BCUT2D eigenvalue weighted by atomic mass is 9.96. The van der Waals surface area contributed by atoms with E-state index in [9.17, 15) is 14.1 Å². The summed E-state index contributed by atoms with van der Waals surface area (Å²) in [5.74, 6) is 0.124. The Morgan fingerprint density at radius 3 is 2.62 bits per heavy atom. The highest BCUT2D eigenvalue weighted by molar-refractivity contribution is 7.77. The monoisotopic (exact) mass is 386 g/mol. The van der Waals surface area contributed by atoms with Gasteiger partial charge in [0.15, 0.2) is 0 Å². The molecule has 0 radical (unpaired) electrons. The lowest BCUT2D eigenvalue weighted by molar-refractivity contribution is 0.478. The van der Waals surface area contributed by atoms with Gasteiger partial charge in [0.25, 0.3) is 5.56 Å². The third kappa shape index (κ3) is 2.93. The van der Waals surface area contributed by atoms with Crippen molar-refractivity contribution in [1.82, 2.24) is 9.71 Å². The van der Waals surface area contributed by atoms with Crippen LogP contribution in [0.15, 0.2) is 52.6 Å². The first kappa shape index (κ1) is 16.9. The lowest BCUT2D eigenvalue weighted by Gasteiger charge is -2.11. The average Bonchev–Trinajstić information content (AvgIpc) is 3.12. The molecule has 2 heterocycles. The van der Waals surface area contributed by atoms with Crippen molar-refractivity contribution in [1.29, 1.82) is 0 Å². The SMILES string of the molecule is O=c1[nH]c2ccc(O)c(-c3ccc(CNS(=O)O)cc3)c2c2ccsc12. The third-order valence-electron chi connectivity index (χ3n) is 4.21. The molecule has 0 amide bonds. The molecule has 2 aromatic carbocycles. The predicted octanol–water partition coefficient (Wildman–Crippen LogP) is 3.34. The molecule has 0 aliphatic carbocycles. The van der Waals surface area contributed by atoms with Gasteiger partial charge in [-0.15, -0.1) is 11.3 Å². The number of benzene rings is 2. The minimum Gasteiger partial charge on any atom is -0.507 e. The largest absolute Gasteiger partial charge is 0.507 e.